The van der Waals surface area contributed by atoms with Gasteiger partial charge in [-0.25, -0.2) is 4.98 Å². The van der Waals surface area contributed by atoms with Gasteiger partial charge in [-0.05, 0) is 91.5 Å². The Balaban J connectivity index is 1.50. The van der Waals surface area contributed by atoms with E-state index in [0.29, 0.717) is 18.0 Å². The van der Waals surface area contributed by atoms with Gasteiger partial charge in [-0.3, -0.25) is 0 Å². The molecule has 1 aromatic heterocycles. The van der Waals surface area contributed by atoms with Crippen LogP contribution in [0.3, 0.4) is 0 Å². The van der Waals surface area contributed by atoms with Crippen LogP contribution < -0.4 is 9.80 Å². The predicted molar refractivity (Wildman–Crippen MR) is 146 cm³/mol. The van der Waals surface area contributed by atoms with E-state index in [1.807, 2.05) is 16.3 Å². The second-order valence-corrected chi connectivity index (χ2v) is 11.4. The summed E-state index contributed by atoms with van der Waals surface area (Å²) in [4.78, 5) is 9.07. The number of aryl methyl sites for hydroxylation is 2. The number of nitrogens with zero attached hydrogens (tertiary/aromatic N) is 4. The van der Waals surface area contributed by atoms with Crippen molar-refractivity contribution in [1.29, 1.82) is 5.26 Å². The van der Waals surface area contributed by atoms with Crippen LogP contribution in [0.25, 0.3) is 0 Å². The number of alkyl halides is 3. The first-order valence-corrected chi connectivity index (χ1v) is 14.4. The zero-order valence-corrected chi connectivity index (χ0v) is 22.5. The molecule has 0 spiro atoms. The van der Waals surface area contributed by atoms with Crippen LogP contribution >= 0.6 is 11.3 Å². The molecule has 0 N–H and O–H groups in total. The van der Waals surface area contributed by atoms with Gasteiger partial charge in [-0.2, -0.15) is 18.4 Å². The lowest BCUT2D eigenvalue weighted by atomic mass is 10.0. The Hall–Kier alpha value is -3.05. The molecule has 0 radical (unpaired) electrons. The Morgan fingerprint density at radius 3 is 2.42 bits per heavy atom. The molecule has 8 heteroatoms. The van der Waals surface area contributed by atoms with Crippen LogP contribution in [0.1, 0.15) is 72.4 Å². The van der Waals surface area contributed by atoms with Crippen molar-refractivity contribution in [3.63, 3.8) is 0 Å². The van der Waals surface area contributed by atoms with E-state index in [9.17, 15) is 18.4 Å². The Labute approximate surface area is 226 Å². The number of hydrogen-bond donors (Lipinski definition) is 0. The van der Waals surface area contributed by atoms with Crippen molar-refractivity contribution in [2.75, 3.05) is 22.9 Å². The van der Waals surface area contributed by atoms with Crippen molar-refractivity contribution in [2.24, 2.45) is 5.92 Å². The van der Waals surface area contributed by atoms with Crippen LogP contribution in [-0.2, 0) is 32.1 Å². The maximum atomic E-state index is 13.6. The Kier molecular flexibility index (Phi) is 7.94. The SMILES string of the molecule is CCN(CC1CCCC1)c1cc2c(cc1CN(Cc1cc(C#N)cc(C(F)(F)F)c1)c1nccs1)CCC2. The van der Waals surface area contributed by atoms with Gasteiger partial charge in [0.2, 0.25) is 0 Å². The minimum atomic E-state index is -4.51. The fourth-order valence-electron chi connectivity index (χ4n) is 5.99. The summed E-state index contributed by atoms with van der Waals surface area (Å²) in [5.74, 6) is 0.709. The topological polar surface area (TPSA) is 43.2 Å². The molecule has 2 aromatic carbocycles. The summed E-state index contributed by atoms with van der Waals surface area (Å²) < 4.78 is 40.7. The molecule has 0 amide bonds. The molecule has 38 heavy (non-hydrogen) atoms. The molecule has 1 heterocycles. The van der Waals surface area contributed by atoms with E-state index in [2.05, 4.69) is 28.9 Å². The van der Waals surface area contributed by atoms with Gasteiger partial charge in [-0.1, -0.05) is 18.9 Å². The first-order chi connectivity index (χ1) is 18.3. The third-order valence-corrected chi connectivity index (χ3v) is 8.67. The quantitative estimate of drug-likeness (QED) is 0.279. The zero-order chi connectivity index (χ0) is 26.7. The summed E-state index contributed by atoms with van der Waals surface area (Å²) in [5, 5.41) is 12.0. The molecular formula is C30H33F3N4S. The number of anilines is 2. The minimum Gasteiger partial charge on any atom is -0.371 e. The third-order valence-electron chi connectivity index (χ3n) is 7.84. The van der Waals surface area contributed by atoms with Gasteiger partial charge in [0.15, 0.2) is 5.13 Å². The number of nitriles is 1. The van der Waals surface area contributed by atoms with E-state index in [-0.39, 0.29) is 12.1 Å². The van der Waals surface area contributed by atoms with Crippen molar-refractivity contribution in [1.82, 2.24) is 4.98 Å². The van der Waals surface area contributed by atoms with Crippen molar-refractivity contribution >= 4 is 22.2 Å². The van der Waals surface area contributed by atoms with Crippen LogP contribution in [0, 0.1) is 17.2 Å². The second kappa shape index (κ2) is 11.4. The highest BCUT2D eigenvalue weighted by Crippen LogP contribution is 2.36. The van der Waals surface area contributed by atoms with E-state index in [1.165, 1.54) is 59.4 Å². The molecule has 0 unspecified atom stereocenters. The average Bonchev–Trinajstić information content (AvgIpc) is 3.69. The van der Waals surface area contributed by atoms with Gasteiger partial charge in [0.1, 0.15) is 0 Å². The number of halogens is 3. The fraction of sp³-hybridized carbons (Fsp3) is 0.467. The lowest BCUT2D eigenvalue weighted by Crippen LogP contribution is -2.31. The van der Waals surface area contributed by atoms with Gasteiger partial charge in [-0.15, -0.1) is 11.3 Å². The minimum absolute atomic E-state index is 0.0147. The number of hydrogen-bond acceptors (Lipinski definition) is 5. The van der Waals surface area contributed by atoms with Crippen molar-refractivity contribution in [3.8, 4) is 6.07 Å². The highest BCUT2D eigenvalue weighted by molar-refractivity contribution is 7.13. The van der Waals surface area contributed by atoms with Crippen molar-refractivity contribution in [2.45, 2.75) is 71.1 Å². The number of benzene rings is 2. The van der Waals surface area contributed by atoms with E-state index in [0.717, 1.165) is 49.6 Å². The van der Waals surface area contributed by atoms with Gasteiger partial charge in [0, 0.05) is 43.4 Å². The number of rotatable bonds is 9. The van der Waals surface area contributed by atoms with E-state index in [1.54, 1.807) is 12.3 Å². The van der Waals surface area contributed by atoms with Crippen molar-refractivity contribution < 1.29 is 13.2 Å². The molecule has 2 aliphatic carbocycles. The van der Waals surface area contributed by atoms with Crippen LogP contribution in [0.2, 0.25) is 0 Å². The molecule has 0 atom stereocenters. The maximum absolute atomic E-state index is 13.6. The van der Waals surface area contributed by atoms with E-state index >= 15 is 0 Å². The predicted octanol–water partition coefficient (Wildman–Crippen LogP) is 7.75. The summed E-state index contributed by atoms with van der Waals surface area (Å²) in [5.41, 5.74) is 4.90. The lowest BCUT2D eigenvalue weighted by molar-refractivity contribution is -0.137. The molecule has 5 rings (SSSR count). The summed E-state index contributed by atoms with van der Waals surface area (Å²) in [6.45, 7) is 4.93. The van der Waals surface area contributed by atoms with Gasteiger partial charge in [0.05, 0.1) is 17.2 Å². The van der Waals surface area contributed by atoms with Gasteiger partial charge >= 0.3 is 6.18 Å². The highest BCUT2D eigenvalue weighted by atomic mass is 32.1. The number of fused-ring (bicyclic) bond motifs is 1. The van der Waals surface area contributed by atoms with Crippen LogP contribution in [0.5, 0.6) is 0 Å². The first-order valence-electron chi connectivity index (χ1n) is 13.5. The van der Waals surface area contributed by atoms with E-state index < -0.39 is 11.7 Å². The highest BCUT2D eigenvalue weighted by Gasteiger charge is 2.31. The lowest BCUT2D eigenvalue weighted by Gasteiger charge is -2.31. The van der Waals surface area contributed by atoms with Crippen molar-refractivity contribution in [3.05, 3.63) is 75.3 Å². The summed E-state index contributed by atoms with van der Waals surface area (Å²) >= 11 is 1.47. The second-order valence-electron chi connectivity index (χ2n) is 10.5. The number of thiazole rings is 1. The summed E-state index contributed by atoms with van der Waals surface area (Å²) in [6, 6.07) is 10.2. The number of aromatic nitrogens is 1. The Morgan fingerprint density at radius 2 is 1.76 bits per heavy atom. The third kappa shape index (κ3) is 5.99. The fourth-order valence-corrected chi connectivity index (χ4v) is 6.63. The summed E-state index contributed by atoms with van der Waals surface area (Å²) in [6.07, 6.45) is 5.69. The zero-order valence-electron chi connectivity index (χ0n) is 21.7. The Bertz CT molecular complexity index is 1290. The molecule has 0 saturated heterocycles. The smallest absolute Gasteiger partial charge is 0.371 e. The molecule has 4 nitrogen and oxygen atoms in total. The largest absolute Gasteiger partial charge is 0.416 e. The molecule has 3 aromatic rings. The summed E-state index contributed by atoms with van der Waals surface area (Å²) in [7, 11) is 0. The van der Waals surface area contributed by atoms with Crippen LogP contribution in [-0.4, -0.2) is 18.1 Å². The normalized spacial score (nSPS) is 15.4. The Morgan fingerprint density at radius 1 is 1.00 bits per heavy atom. The van der Waals surface area contributed by atoms with Crippen LogP contribution in [0.4, 0.5) is 24.0 Å². The van der Waals surface area contributed by atoms with Gasteiger partial charge in [0.25, 0.3) is 0 Å². The molecule has 0 bridgehead atoms. The molecular weight excluding hydrogens is 505 g/mol. The molecule has 2 aliphatic rings. The maximum Gasteiger partial charge on any atom is 0.416 e. The standard InChI is InChI=1S/C30H33F3N4S/c1-2-36(18-21-6-3-4-7-21)28-16-25-9-5-8-24(25)15-26(28)20-37(29-35-10-11-38-29)19-23-12-22(17-34)13-27(14-23)30(31,32)33/h10-16,21H,2-9,18-20H2,1H3. The van der Waals surface area contributed by atoms with Crippen LogP contribution in [0.15, 0.2) is 41.9 Å². The van der Waals surface area contributed by atoms with Gasteiger partial charge < -0.3 is 9.80 Å². The first kappa shape index (κ1) is 26.6. The molecule has 0 aliphatic heterocycles. The molecule has 1 fully saturated rings. The van der Waals surface area contributed by atoms with E-state index in [4.69, 9.17) is 0 Å². The molecule has 1 saturated carbocycles. The molecule has 200 valence electrons. The average molecular weight is 539 g/mol. The monoisotopic (exact) mass is 538 g/mol.